The lowest BCUT2D eigenvalue weighted by Crippen LogP contribution is -2.51. The van der Waals surface area contributed by atoms with Crippen molar-refractivity contribution in [1.29, 1.82) is 0 Å². The molecule has 2 aliphatic rings. The molecule has 2 aromatic carbocycles. The van der Waals surface area contributed by atoms with Gasteiger partial charge in [-0.3, -0.25) is 4.79 Å². The number of benzene rings is 2. The zero-order chi connectivity index (χ0) is 51.4. The van der Waals surface area contributed by atoms with Crippen molar-refractivity contribution in [2.75, 3.05) is 24.7 Å². The van der Waals surface area contributed by atoms with Gasteiger partial charge in [-0.15, -0.1) is 0 Å². The molecular weight excluding hydrogens is 895 g/mol. The molecule has 2 aromatic rings. The summed E-state index contributed by atoms with van der Waals surface area (Å²) in [7, 11) is 0. The zero-order valence-electron chi connectivity index (χ0n) is 47.6. The molecule has 2 atom stereocenters. The van der Waals surface area contributed by atoms with Gasteiger partial charge in [-0.1, -0.05) is 337 Å². The Labute approximate surface area is 451 Å². The molecule has 2 unspecified atom stereocenters. The Morgan fingerprint density at radius 3 is 0.986 bits per heavy atom. The van der Waals surface area contributed by atoms with Gasteiger partial charge >= 0.3 is 5.97 Å². The average Bonchev–Trinajstić information content (AvgIpc) is 3.68. The van der Waals surface area contributed by atoms with Gasteiger partial charge in [0.1, 0.15) is 5.54 Å². The molecule has 6 nitrogen and oxygen atoms in total. The summed E-state index contributed by atoms with van der Waals surface area (Å²) in [5.41, 5.74) is 0.856. The second-order valence-corrected chi connectivity index (χ2v) is 23.4. The summed E-state index contributed by atoms with van der Waals surface area (Å²) in [4.78, 5) is 32.0. The van der Waals surface area contributed by atoms with E-state index in [1.165, 1.54) is 276 Å². The predicted molar refractivity (Wildman–Crippen MR) is 315 cm³/mol. The molecule has 0 aromatic heterocycles. The van der Waals surface area contributed by atoms with Gasteiger partial charge in [0.05, 0.1) is 6.67 Å². The second-order valence-electron chi connectivity index (χ2n) is 23.4. The van der Waals surface area contributed by atoms with E-state index in [0.29, 0.717) is 12.0 Å². The lowest BCUT2D eigenvalue weighted by molar-refractivity contribution is -0.150. The fraction of sp³-hybridized carbons (Fsp3) is 0.791. The second kappa shape index (κ2) is 43.3. The van der Waals surface area contributed by atoms with Crippen molar-refractivity contribution in [3.05, 3.63) is 66.2 Å². The van der Waals surface area contributed by atoms with Gasteiger partial charge in [0.25, 0.3) is 5.91 Å². The highest BCUT2D eigenvalue weighted by Crippen LogP contribution is 2.42. The third-order valence-electron chi connectivity index (χ3n) is 17.1. The van der Waals surface area contributed by atoms with E-state index >= 15 is 4.79 Å². The van der Waals surface area contributed by atoms with Crippen molar-refractivity contribution in [3.8, 4) is 0 Å². The number of amides is 1. The number of hydrogen-bond donors (Lipinski definition) is 2. The Morgan fingerprint density at radius 2 is 0.671 bits per heavy atom. The number of nitrogens with zero attached hydrogens (tertiary/aromatic N) is 2. The molecule has 0 bridgehead atoms. The number of para-hydroxylation sites is 1. The molecule has 2 N–H and O–H groups in total. The van der Waals surface area contributed by atoms with Crippen LogP contribution in [0.15, 0.2) is 60.7 Å². The summed E-state index contributed by atoms with van der Waals surface area (Å²) < 4.78 is 0. The van der Waals surface area contributed by atoms with Gasteiger partial charge in [0.15, 0.2) is 6.04 Å². The fourth-order valence-electron chi connectivity index (χ4n) is 12.4. The van der Waals surface area contributed by atoms with E-state index in [4.69, 9.17) is 0 Å². The molecule has 416 valence electrons. The molecule has 73 heavy (non-hydrogen) atoms. The van der Waals surface area contributed by atoms with Gasteiger partial charge in [-0.05, 0) is 50.0 Å². The van der Waals surface area contributed by atoms with Crippen LogP contribution < -0.4 is 10.2 Å². The molecule has 2 fully saturated rings. The van der Waals surface area contributed by atoms with E-state index in [0.717, 1.165) is 44.5 Å². The highest BCUT2D eigenvalue weighted by molar-refractivity contribution is 5.96. The Kier molecular flexibility index (Phi) is 37.1. The predicted octanol–water partition coefficient (Wildman–Crippen LogP) is 20.2. The molecule has 1 spiro atoms. The van der Waals surface area contributed by atoms with E-state index in [1.54, 1.807) is 4.90 Å². The summed E-state index contributed by atoms with van der Waals surface area (Å²) in [6.45, 7) is 1.97. The molecule has 4 rings (SSSR count). The number of carbonyl (C=O) groups excluding carboxylic acids is 1. The third-order valence-corrected chi connectivity index (χ3v) is 17.1. The van der Waals surface area contributed by atoms with Gasteiger partial charge in [0.2, 0.25) is 0 Å². The van der Waals surface area contributed by atoms with Crippen LogP contribution in [0, 0.1) is 0 Å². The molecule has 0 aliphatic carbocycles. The van der Waals surface area contributed by atoms with E-state index in [-0.39, 0.29) is 12.6 Å². The minimum atomic E-state index is -1.02. The first-order chi connectivity index (χ1) is 36.1. The van der Waals surface area contributed by atoms with Crippen LogP contribution in [0.5, 0.6) is 0 Å². The monoisotopic (exact) mass is 1010 g/mol. The van der Waals surface area contributed by atoms with E-state index in [1.807, 2.05) is 48.5 Å². The van der Waals surface area contributed by atoms with Crippen LogP contribution in [0.25, 0.3) is 0 Å². The molecule has 1 amide bonds. The van der Waals surface area contributed by atoms with Crippen molar-refractivity contribution in [2.24, 2.45) is 0 Å². The van der Waals surface area contributed by atoms with Crippen molar-refractivity contribution in [1.82, 2.24) is 10.2 Å². The smallest absolute Gasteiger partial charge is 0.331 e. The first kappa shape index (κ1) is 62.7. The number of carbonyl (C=O) groups is 2. The van der Waals surface area contributed by atoms with Crippen LogP contribution >= 0.6 is 0 Å². The van der Waals surface area contributed by atoms with E-state index in [2.05, 4.69) is 22.3 Å². The topological polar surface area (TPSA) is 72.9 Å². The standard InChI is InChI=1S/C67H115N3O3/c71-65(72)64(62-53-47-45-48-54-62)69-61-70(63-55-49-46-50-56-63)67(66(69)73)57-51-43-41-39-37-35-33-31-29-27-25-23-21-19-17-15-13-11-9-7-5-3-1-2-4-6-8-10-12-14-16-18-20-22-24-26-28-30-32-34-36-38-40-42-44-52-59-68-60-58-67/h45-50,53-56,64,68H,1-44,51-52,57-61H2,(H,71,72). The average molecular weight is 1010 g/mol. The van der Waals surface area contributed by atoms with Crippen LogP contribution in [0.3, 0.4) is 0 Å². The molecule has 0 radical (unpaired) electrons. The first-order valence-corrected chi connectivity index (χ1v) is 32.3. The maximum Gasteiger partial charge on any atom is 0.331 e. The van der Waals surface area contributed by atoms with Crippen molar-refractivity contribution >= 4 is 17.6 Å². The highest BCUT2D eigenvalue weighted by Gasteiger charge is 2.54. The van der Waals surface area contributed by atoms with Gasteiger partial charge in [-0.25, -0.2) is 4.79 Å². The quantitative estimate of drug-likeness (QED) is 0.319. The molecule has 6 heteroatoms. The molecule has 2 aliphatic heterocycles. The number of rotatable bonds is 4. The summed E-state index contributed by atoms with van der Waals surface area (Å²) in [6.07, 6.45) is 65.5. The minimum absolute atomic E-state index is 0.0382. The van der Waals surface area contributed by atoms with Gasteiger partial charge < -0.3 is 20.2 Å². The maximum absolute atomic E-state index is 15.0. The Bertz CT molecular complexity index is 1520. The Balaban J connectivity index is 1.20. The minimum Gasteiger partial charge on any atom is -0.479 e. The molecular formula is C67H115N3O3. The van der Waals surface area contributed by atoms with Gasteiger partial charge in [0, 0.05) is 5.69 Å². The third kappa shape index (κ3) is 28.2. The summed E-state index contributed by atoms with van der Waals surface area (Å²) in [5.74, 6) is -1.01. The van der Waals surface area contributed by atoms with Crippen LogP contribution in [0.1, 0.15) is 320 Å². The first-order valence-electron chi connectivity index (χ1n) is 32.3. The van der Waals surface area contributed by atoms with Crippen LogP contribution in [0.4, 0.5) is 5.69 Å². The van der Waals surface area contributed by atoms with Crippen LogP contribution in [0.2, 0.25) is 0 Å². The lowest BCUT2D eigenvalue weighted by atomic mass is 9.85. The molecule has 2 heterocycles. The molecule has 2 saturated heterocycles. The summed E-state index contributed by atoms with van der Waals surface area (Å²) in [6, 6.07) is 18.6. The van der Waals surface area contributed by atoms with Crippen LogP contribution in [-0.4, -0.2) is 47.2 Å². The van der Waals surface area contributed by atoms with E-state index in [9.17, 15) is 9.90 Å². The Hall–Kier alpha value is -2.86. The lowest BCUT2D eigenvalue weighted by Gasteiger charge is -2.37. The number of carboxylic acids is 1. The number of aliphatic carboxylic acids is 1. The van der Waals surface area contributed by atoms with E-state index < -0.39 is 17.6 Å². The van der Waals surface area contributed by atoms with Gasteiger partial charge in [-0.2, -0.15) is 0 Å². The Morgan fingerprint density at radius 1 is 0.384 bits per heavy atom. The summed E-state index contributed by atoms with van der Waals surface area (Å²) >= 11 is 0. The van der Waals surface area contributed by atoms with Crippen molar-refractivity contribution in [3.63, 3.8) is 0 Å². The normalized spacial score (nSPS) is 23.9. The van der Waals surface area contributed by atoms with Crippen molar-refractivity contribution in [2.45, 2.75) is 320 Å². The largest absolute Gasteiger partial charge is 0.479 e. The number of nitrogens with one attached hydrogen (secondary N) is 1. The number of carboxylic acid groups (broad SMARTS) is 1. The maximum atomic E-state index is 15.0. The highest BCUT2D eigenvalue weighted by atomic mass is 16.4. The fourth-order valence-corrected chi connectivity index (χ4v) is 12.4. The SMILES string of the molecule is O=C(O)C(c1ccccc1)N1CN(c2ccccc2)C2(CCCCCCCCCCCCCCCCCCCCCCCCCCCCCCCCCCCCCCCCCCCCCCCCNCC2)C1=O. The zero-order valence-corrected chi connectivity index (χ0v) is 47.6. The van der Waals surface area contributed by atoms with Crippen molar-refractivity contribution < 1.29 is 14.7 Å². The number of anilines is 1. The van der Waals surface area contributed by atoms with Crippen LogP contribution in [-0.2, 0) is 9.59 Å². The number of hydrogen-bond acceptors (Lipinski definition) is 4. The summed E-state index contributed by atoms with van der Waals surface area (Å²) in [5, 5.41) is 14.4. The molecule has 0 saturated carbocycles.